The smallest absolute Gasteiger partial charge is 0.165 e. The Morgan fingerprint density at radius 1 is 1.32 bits per heavy atom. The van der Waals surface area contributed by atoms with Crippen molar-refractivity contribution in [2.75, 3.05) is 14.2 Å². The van der Waals surface area contributed by atoms with Crippen LogP contribution in [0.4, 0.5) is 0 Å². The number of ether oxygens (including phenoxy) is 2. The van der Waals surface area contributed by atoms with Gasteiger partial charge in [0.2, 0.25) is 0 Å². The molecule has 0 radical (unpaired) electrons. The summed E-state index contributed by atoms with van der Waals surface area (Å²) in [7, 11) is 3.66. The quantitative estimate of drug-likeness (QED) is 0.499. The lowest BCUT2D eigenvalue weighted by atomic mass is 9.89. The number of nitrogens with zero attached hydrogens (tertiary/aromatic N) is 3. The van der Waals surface area contributed by atoms with Gasteiger partial charge in [0.15, 0.2) is 5.75 Å². The van der Waals surface area contributed by atoms with Crippen LogP contribution in [0.1, 0.15) is 29.5 Å². The number of H-pyrrole nitrogens is 1. The Labute approximate surface area is 180 Å². The molecule has 158 valence electrons. The Balaban J connectivity index is 1.53. The molecule has 0 bridgehead atoms. The highest BCUT2D eigenvalue weighted by atomic mass is 16.5. The predicted molar refractivity (Wildman–Crippen MR) is 120 cm³/mol. The number of methoxy groups -OCH3 is 1. The predicted octanol–water partition coefficient (Wildman–Crippen LogP) is 3.88. The molecule has 7 heteroatoms. The molecule has 2 N–H and O–H groups in total. The van der Waals surface area contributed by atoms with Gasteiger partial charge in [-0.25, -0.2) is 0 Å². The van der Waals surface area contributed by atoms with Gasteiger partial charge in [-0.2, -0.15) is 10.4 Å². The molecule has 2 aromatic carbocycles. The van der Waals surface area contributed by atoms with E-state index in [0.717, 1.165) is 51.5 Å². The maximum absolute atomic E-state index is 9.61. The third-order valence-corrected chi connectivity index (χ3v) is 6.24. The van der Waals surface area contributed by atoms with Gasteiger partial charge in [0.25, 0.3) is 0 Å². The zero-order chi connectivity index (χ0) is 21.5. The van der Waals surface area contributed by atoms with Crippen LogP contribution < -0.4 is 14.8 Å². The lowest BCUT2D eigenvalue weighted by Crippen LogP contribution is -2.45. The maximum atomic E-state index is 9.61. The first-order valence-corrected chi connectivity index (χ1v) is 10.5. The highest BCUT2D eigenvalue weighted by Gasteiger charge is 2.31. The summed E-state index contributed by atoms with van der Waals surface area (Å²) in [6.07, 6.45) is 5.92. The molecule has 4 aromatic rings. The molecule has 1 aliphatic rings. The minimum atomic E-state index is 0.108. The summed E-state index contributed by atoms with van der Waals surface area (Å²) in [5.41, 5.74) is 4.55. The minimum Gasteiger partial charge on any atom is -0.496 e. The Bertz CT molecular complexity index is 1310. The molecular weight excluding hydrogens is 390 g/mol. The van der Waals surface area contributed by atoms with Crippen molar-refractivity contribution in [1.82, 2.24) is 20.1 Å². The second kappa shape index (κ2) is 7.64. The van der Waals surface area contributed by atoms with Crippen molar-refractivity contribution in [3.05, 3.63) is 53.3 Å². The van der Waals surface area contributed by atoms with Crippen molar-refractivity contribution >= 4 is 21.8 Å². The monoisotopic (exact) mass is 415 g/mol. The van der Waals surface area contributed by atoms with Crippen LogP contribution in [0.15, 0.2) is 36.7 Å². The van der Waals surface area contributed by atoms with Crippen LogP contribution in [-0.2, 0) is 6.54 Å². The lowest BCUT2D eigenvalue weighted by molar-refractivity contribution is 0.0895. The number of benzene rings is 2. The van der Waals surface area contributed by atoms with Crippen LogP contribution in [-0.4, -0.2) is 41.1 Å². The van der Waals surface area contributed by atoms with E-state index in [1.165, 1.54) is 0 Å². The van der Waals surface area contributed by atoms with E-state index in [1.54, 1.807) is 7.11 Å². The van der Waals surface area contributed by atoms with Crippen molar-refractivity contribution in [3.63, 3.8) is 0 Å². The molecule has 1 saturated carbocycles. The lowest BCUT2D eigenvalue weighted by Gasteiger charge is -2.35. The average molecular weight is 415 g/mol. The summed E-state index contributed by atoms with van der Waals surface area (Å²) in [5, 5.41) is 19.8. The van der Waals surface area contributed by atoms with Crippen molar-refractivity contribution < 1.29 is 9.47 Å². The number of nitriles is 1. The molecule has 31 heavy (non-hydrogen) atoms. The summed E-state index contributed by atoms with van der Waals surface area (Å²) in [5.74, 6) is 1.42. The summed E-state index contributed by atoms with van der Waals surface area (Å²) in [6, 6.07) is 10.6. The summed E-state index contributed by atoms with van der Waals surface area (Å²) < 4.78 is 13.8. The van der Waals surface area contributed by atoms with E-state index < -0.39 is 0 Å². The van der Waals surface area contributed by atoms with Gasteiger partial charge in [0, 0.05) is 40.3 Å². The van der Waals surface area contributed by atoms with Crippen LogP contribution in [0.5, 0.6) is 11.5 Å². The number of fused-ring (bicyclic) bond motifs is 2. The van der Waals surface area contributed by atoms with Crippen LogP contribution in [0.3, 0.4) is 0 Å². The Morgan fingerprint density at radius 2 is 2.16 bits per heavy atom. The van der Waals surface area contributed by atoms with Crippen molar-refractivity contribution in [2.45, 2.75) is 38.5 Å². The van der Waals surface area contributed by atoms with E-state index in [9.17, 15) is 5.26 Å². The summed E-state index contributed by atoms with van der Waals surface area (Å²) >= 11 is 0. The summed E-state index contributed by atoms with van der Waals surface area (Å²) in [4.78, 5) is 3.31. The number of hydrogen-bond donors (Lipinski definition) is 2. The standard InChI is InChI=1S/C24H25N5O2/c1-14-8-21(30-3)20(19-6-7-27-22(14)19)13-29-12-16-5-4-15(11-25)24(23(16)28-29)31-18-9-17(10-18)26-2/h4-8,12,17-18,26-27H,9-10,13H2,1-3H3. The topological polar surface area (TPSA) is 87.9 Å². The van der Waals surface area contributed by atoms with Crippen LogP contribution in [0, 0.1) is 18.3 Å². The van der Waals surface area contributed by atoms with Crippen molar-refractivity contribution in [1.29, 1.82) is 5.26 Å². The SMILES string of the molecule is CNC1CC(Oc2c(C#N)ccc3cn(Cc4c(OC)cc(C)c5[nH]ccc45)nc23)C1. The van der Waals surface area contributed by atoms with E-state index in [4.69, 9.17) is 14.6 Å². The molecule has 2 aromatic heterocycles. The van der Waals surface area contributed by atoms with Crippen LogP contribution >= 0.6 is 0 Å². The fourth-order valence-corrected chi connectivity index (χ4v) is 4.41. The molecule has 0 unspecified atom stereocenters. The van der Waals surface area contributed by atoms with Gasteiger partial charge in [0.1, 0.15) is 23.4 Å². The van der Waals surface area contributed by atoms with E-state index in [0.29, 0.717) is 23.9 Å². The van der Waals surface area contributed by atoms with E-state index >= 15 is 0 Å². The van der Waals surface area contributed by atoms with E-state index in [2.05, 4.69) is 35.4 Å². The number of aryl methyl sites for hydroxylation is 1. The molecule has 7 nitrogen and oxygen atoms in total. The molecule has 0 aliphatic heterocycles. The number of aromatic nitrogens is 3. The van der Waals surface area contributed by atoms with Gasteiger partial charge in [-0.1, -0.05) is 0 Å². The van der Waals surface area contributed by atoms with E-state index in [-0.39, 0.29) is 6.10 Å². The number of rotatable bonds is 6. The number of hydrogen-bond acceptors (Lipinski definition) is 5. The Kier molecular flexibility index (Phi) is 4.79. The Hall–Kier alpha value is -3.50. The molecule has 0 atom stereocenters. The summed E-state index contributed by atoms with van der Waals surface area (Å²) in [6.45, 7) is 2.62. The molecule has 1 fully saturated rings. The zero-order valence-electron chi connectivity index (χ0n) is 17.9. The first-order valence-electron chi connectivity index (χ1n) is 10.5. The normalized spacial score (nSPS) is 18.1. The molecular formula is C24H25N5O2. The highest BCUT2D eigenvalue weighted by molar-refractivity contribution is 5.89. The maximum Gasteiger partial charge on any atom is 0.165 e. The molecule has 0 amide bonds. The first-order chi connectivity index (χ1) is 15.1. The largest absolute Gasteiger partial charge is 0.496 e. The molecule has 0 spiro atoms. The van der Waals surface area contributed by atoms with Gasteiger partial charge in [-0.3, -0.25) is 4.68 Å². The minimum absolute atomic E-state index is 0.108. The van der Waals surface area contributed by atoms with Gasteiger partial charge >= 0.3 is 0 Å². The second-order valence-corrected chi connectivity index (χ2v) is 8.16. The number of nitrogens with one attached hydrogen (secondary N) is 2. The number of aromatic amines is 1. The van der Waals surface area contributed by atoms with Gasteiger partial charge in [-0.15, -0.1) is 0 Å². The van der Waals surface area contributed by atoms with Crippen LogP contribution in [0.2, 0.25) is 0 Å². The fourth-order valence-electron chi connectivity index (χ4n) is 4.41. The van der Waals surface area contributed by atoms with E-state index in [1.807, 2.05) is 36.3 Å². The van der Waals surface area contributed by atoms with Gasteiger partial charge in [0.05, 0.1) is 19.2 Å². The van der Waals surface area contributed by atoms with Crippen molar-refractivity contribution in [3.8, 4) is 17.6 Å². The highest BCUT2D eigenvalue weighted by Crippen LogP contribution is 2.35. The molecule has 0 saturated heterocycles. The molecule has 2 heterocycles. The molecule has 1 aliphatic carbocycles. The second-order valence-electron chi connectivity index (χ2n) is 8.16. The fraction of sp³-hybridized carbons (Fsp3) is 0.333. The van der Waals surface area contributed by atoms with Crippen molar-refractivity contribution in [2.24, 2.45) is 0 Å². The van der Waals surface area contributed by atoms with Gasteiger partial charge in [-0.05, 0) is 56.6 Å². The third-order valence-electron chi connectivity index (χ3n) is 6.24. The first kappa shape index (κ1) is 19.5. The van der Waals surface area contributed by atoms with Gasteiger partial charge < -0.3 is 19.8 Å². The Morgan fingerprint density at radius 3 is 2.90 bits per heavy atom. The third kappa shape index (κ3) is 3.29. The zero-order valence-corrected chi connectivity index (χ0v) is 17.9. The van der Waals surface area contributed by atoms with Crippen LogP contribution in [0.25, 0.3) is 21.8 Å². The molecule has 5 rings (SSSR count). The average Bonchev–Trinajstić information content (AvgIpc) is 3.39.